The smallest absolute Gasteiger partial charge is 0.342 e. The summed E-state index contributed by atoms with van der Waals surface area (Å²) in [6.45, 7) is 0. The zero-order valence-electron chi connectivity index (χ0n) is 11.6. The minimum atomic E-state index is -0.461. The van der Waals surface area contributed by atoms with E-state index in [-0.39, 0.29) is 11.7 Å². The first kappa shape index (κ1) is 14.9. The first-order valence-electron chi connectivity index (χ1n) is 6.50. The van der Waals surface area contributed by atoms with E-state index in [0.717, 1.165) is 5.56 Å². The lowest BCUT2D eigenvalue weighted by Crippen LogP contribution is -1.88. The number of aromatic nitrogens is 2. The predicted octanol–water partition coefficient (Wildman–Crippen LogP) is 4.05. The van der Waals surface area contributed by atoms with E-state index >= 15 is 0 Å². The van der Waals surface area contributed by atoms with Crippen molar-refractivity contribution in [2.45, 2.75) is 0 Å². The van der Waals surface area contributed by atoms with Gasteiger partial charge in [-0.1, -0.05) is 16.7 Å². The second kappa shape index (κ2) is 6.37. The van der Waals surface area contributed by atoms with Crippen molar-refractivity contribution < 1.29 is 9.34 Å². The van der Waals surface area contributed by atoms with Gasteiger partial charge in [0.05, 0.1) is 4.92 Å². The fourth-order valence-corrected chi connectivity index (χ4v) is 1.91. The highest BCUT2D eigenvalue weighted by molar-refractivity contribution is 6.30. The van der Waals surface area contributed by atoms with Crippen molar-refractivity contribution in [3.8, 4) is 11.5 Å². The molecule has 23 heavy (non-hydrogen) atoms. The average Bonchev–Trinajstić information content (AvgIpc) is 3.03. The highest BCUT2D eigenvalue weighted by Crippen LogP contribution is 2.22. The van der Waals surface area contributed by atoms with Crippen LogP contribution in [-0.2, 0) is 0 Å². The molecule has 0 radical (unpaired) electrons. The molecule has 0 bridgehead atoms. The highest BCUT2D eigenvalue weighted by atomic mass is 35.5. The highest BCUT2D eigenvalue weighted by Gasteiger charge is 2.07. The molecule has 0 aliphatic rings. The molecule has 0 unspecified atom stereocenters. The van der Waals surface area contributed by atoms with Gasteiger partial charge < -0.3 is 4.42 Å². The van der Waals surface area contributed by atoms with Crippen molar-refractivity contribution in [1.82, 2.24) is 10.2 Å². The van der Waals surface area contributed by atoms with Crippen molar-refractivity contribution in [2.24, 2.45) is 4.99 Å². The van der Waals surface area contributed by atoms with Crippen LogP contribution in [0, 0.1) is 10.1 Å². The SMILES string of the molecule is O=[N+]([O-])c1ccc(C=Nc2nnc(-c3ccc(Cl)cc3)o2)cc1. The van der Waals surface area contributed by atoms with Gasteiger partial charge in [-0.05, 0) is 42.0 Å². The Morgan fingerprint density at radius 3 is 2.43 bits per heavy atom. The number of hydrogen-bond acceptors (Lipinski definition) is 6. The fourth-order valence-electron chi connectivity index (χ4n) is 1.79. The van der Waals surface area contributed by atoms with Gasteiger partial charge in [-0.15, -0.1) is 5.10 Å². The van der Waals surface area contributed by atoms with Crippen LogP contribution in [0.15, 0.2) is 57.9 Å². The van der Waals surface area contributed by atoms with E-state index in [2.05, 4.69) is 15.2 Å². The number of benzene rings is 2. The lowest BCUT2D eigenvalue weighted by molar-refractivity contribution is -0.384. The van der Waals surface area contributed by atoms with Crippen LogP contribution >= 0.6 is 11.6 Å². The Labute approximate surface area is 135 Å². The van der Waals surface area contributed by atoms with Gasteiger partial charge in [0.25, 0.3) is 5.69 Å². The summed E-state index contributed by atoms with van der Waals surface area (Å²) >= 11 is 5.82. The molecule has 0 aliphatic carbocycles. The van der Waals surface area contributed by atoms with E-state index in [4.69, 9.17) is 16.0 Å². The molecule has 0 saturated heterocycles. The summed E-state index contributed by atoms with van der Waals surface area (Å²) in [5.41, 5.74) is 1.44. The number of nitro groups is 1. The molecule has 2 aromatic carbocycles. The van der Waals surface area contributed by atoms with Gasteiger partial charge in [0.15, 0.2) is 0 Å². The maximum absolute atomic E-state index is 10.6. The Balaban J connectivity index is 1.75. The van der Waals surface area contributed by atoms with E-state index in [0.29, 0.717) is 16.5 Å². The number of halogens is 1. The number of hydrogen-bond donors (Lipinski definition) is 0. The zero-order chi connectivity index (χ0) is 16.2. The van der Waals surface area contributed by atoms with E-state index in [1.807, 2.05) is 0 Å². The number of aliphatic imine (C=N–C) groups is 1. The Morgan fingerprint density at radius 1 is 1.09 bits per heavy atom. The van der Waals surface area contributed by atoms with Crippen molar-refractivity contribution >= 4 is 29.5 Å². The van der Waals surface area contributed by atoms with Gasteiger partial charge in [0.2, 0.25) is 5.89 Å². The van der Waals surface area contributed by atoms with Crippen LogP contribution in [0.1, 0.15) is 5.56 Å². The molecule has 0 atom stereocenters. The number of non-ortho nitro benzene ring substituents is 1. The number of nitrogens with zero attached hydrogens (tertiary/aromatic N) is 4. The van der Waals surface area contributed by atoms with Crippen molar-refractivity contribution in [3.63, 3.8) is 0 Å². The van der Waals surface area contributed by atoms with Crippen molar-refractivity contribution in [1.29, 1.82) is 0 Å². The Kier molecular flexibility index (Phi) is 4.11. The minimum absolute atomic E-state index is 0.0185. The maximum atomic E-state index is 10.6. The Bertz CT molecular complexity index is 857. The minimum Gasteiger partial charge on any atom is -0.402 e. The molecule has 1 aromatic heterocycles. The van der Waals surface area contributed by atoms with Crippen LogP contribution in [0.2, 0.25) is 5.02 Å². The summed E-state index contributed by atoms with van der Waals surface area (Å²) < 4.78 is 5.42. The molecule has 7 nitrogen and oxygen atoms in total. The van der Waals surface area contributed by atoms with E-state index in [1.165, 1.54) is 18.3 Å². The fraction of sp³-hybridized carbons (Fsp3) is 0. The molecule has 114 valence electrons. The normalized spacial score (nSPS) is 11.0. The summed E-state index contributed by atoms with van der Waals surface area (Å²) in [7, 11) is 0. The monoisotopic (exact) mass is 328 g/mol. The first-order chi connectivity index (χ1) is 11.1. The lowest BCUT2D eigenvalue weighted by Gasteiger charge is -1.93. The van der Waals surface area contributed by atoms with Crippen LogP contribution in [-0.4, -0.2) is 21.3 Å². The van der Waals surface area contributed by atoms with Crippen molar-refractivity contribution in [3.05, 3.63) is 69.2 Å². The Hall–Kier alpha value is -3.06. The van der Waals surface area contributed by atoms with Gasteiger partial charge in [0, 0.05) is 28.9 Å². The Morgan fingerprint density at radius 2 is 1.78 bits per heavy atom. The zero-order valence-corrected chi connectivity index (χ0v) is 12.3. The molecule has 0 N–H and O–H groups in total. The largest absolute Gasteiger partial charge is 0.402 e. The van der Waals surface area contributed by atoms with Crippen LogP contribution in [0.5, 0.6) is 0 Å². The average molecular weight is 329 g/mol. The van der Waals surface area contributed by atoms with Crippen LogP contribution in [0.4, 0.5) is 11.7 Å². The second-order valence-corrected chi connectivity index (χ2v) is 4.94. The summed E-state index contributed by atoms with van der Waals surface area (Å²) in [5.74, 6) is 0.331. The van der Waals surface area contributed by atoms with Gasteiger partial charge in [0.1, 0.15) is 0 Å². The molecule has 3 aromatic rings. The molecule has 1 heterocycles. The third-order valence-electron chi connectivity index (χ3n) is 2.93. The third-order valence-corrected chi connectivity index (χ3v) is 3.19. The molecule has 3 rings (SSSR count). The van der Waals surface area contributed by atoms with Gasteiger partial charge in [-0.3, -0.25) is 10.1 Å². The van der Waals surface area contributed by atoms with E-state index in [9.17, 15) is 10.1 Å². The molecular weight excluding hydrogens is 320 g/mol. The molecular formula is C15H9ClN4O3. The van der Waals surface area contributed by atoms with Crippen LogP contribution in [0.3, 0.4) is 0 Å². The number of nitro benzene ring substituents is 1. The quantitative estimate of drug-likeness (QED) is 0.409. The summed E-state index contributed by atoms with van der Waals surface area (Å²) in [6.07, 6.45) is 1.49. The van der Waals surface area contributed by atoms with Crippen LogP contribution < -0.4 is 0 Å². The number of rotatable bonds is 4. The van der Waals surface area contributed by atoms with Gasteiger partial charge >= 0.3 is 6.01 Å². The second-order valence-electron chi connectivity index (χ2n) is 4.50. The summed E-state index contributed by atoms with van der Waals surface area (Å²) in [6, 6.07) is 13.0. The van der Waals surface area contributed by atoms with Crippen LogP contribution in [0.25, 0.3) is 11.5 Å². The predicted molar refractivity (Wildman–Crippen MR) is 85.1 cm³/mol. The molecule has 8 heteroatoms. The van der Waals surface area contributed by atoms with Crippen molar-refractivity contribution in [2.75, 3.05) is 0 Å². The topological polar surface area (TPSA) is 94.4 Å². The molecule has 0 aliphatic heterocycles. The van der Waals surface area contributed by atoms with Gasteiger partial charge in [-0.2, -0.15) is 0 Å². The molecule has 0 saturated carbocycles. The summed E-state index contributed by atoms with van der Waals surface area (Å²) in [4.78, 5) is 14.2. The first-order valence-corrected chi connectivity index (χ1v) is 6.87. The van der Waals surface area contributed by atoms with E-state index < -0.39 is 4.92 Å². The molecule has 0 amide bonds. The molecule has 0 fully saturated rings. The third kappa shape index (κ3) is 3.58. The lowest BCUT2D eigenvalue weighted by atomic mass is 10.2. The maximum Gasteiger partial charge on any atom is 0.342 e. The summed E-state index contributed by atoms with van der Waals surface area (Å²) in [5, 5.41) is 18.9. The van der Waals surface area contributed by atoms with Gasteiger partial charge in [-0.25, -0.2) is 4.99 Å². The molecule has 0 spiro atoms. The standard InChI is InChI=1S/C15H9ClN4O3/c16-12-5-3-11(4-6-12)14-18-19-15(23-14)17-9-10-1-7-13(8-2-10)20(21)22/h1-9H. The van der Waals surface area contributed by atoms with E-state index in [1.54, 1.807) is 36.4 Å².